The molecule has 2 aliphatic rings. The molecule has 3 aromatic carbocycles. The number of ether oxygens (including phenoxy) is 1. The van der Waals surface area contributed by atoms with Gasteiger partial charge in [0.2, 0.25) is 0 Å². The van der Waals surface area contributed by atoms with E-state index in [1.807, 2.05) is 46.9 Å². The van der Waals surface area contributed by atoms with Crippen molar-refractivity contribution in [2.75, 3.05) is 11.9 Å². The quantitative estimate of drug-likeness (QED) is 0.364. The number of nitrogens with one attached hydrogen (secondary N) is 2. The van der Waals surface area contributed by atoms with Gasteiger partial charge in [0, 0.05) is 15.1 Å². The van der Waals surface area contributed by atoms with Crippen molar-refractivity contribution in [3.05, 3.63) is 87.0 Å². The maximum Gasteiger partial charge on any atom is 0.411 e. The predicted octanol–water partition coefficient (Wildman–Crippen LogP) is 5.00. The molecule has 7 nitrogen and oxygen atoms in total. The van der Waals surface area contributed by atoms with Gasteiger partial charge in [0.15, 0.2) is 0 Å². The third kappa shape index (κ3) is 4.13. The smallest absolute Gasteiger partial charge is 0.411 e. The number of aliphatic carboxylic acids is 1. The lowest BCUT2D eigenvalue weighted by Crippen LogP contribution is -2.43. The van der Waals surface area contributed by atoms with Crippen LogP contribution in [0.5, 0.6) is 0 Å². The van der Waals surface area contributed by atoms with E-state index in [0.717, 1.165) is 22.3 Å². The number of anilines is 1. The summed E-state index contributed by atoms with van der Waals surface area (Å²) in [6.07, 6.45) is 0.263. The van der Waals surface area contributed by atoms with E-state index >= 15 is 0 Å². The Morgan fingerprint density at radius 2 is 1.59 bits per heavy atom. The van der Waals surface area contributed by atoms with E-state index in [-0.39, 0.29) is 12.5 Å². The number of fused-ring (bicyclic) bond motifs is 3. The Morgan fingerprint density at radius 3 is 2.15 bits per heavy atom. The van der Waals surface area contributed by atoms with Gasteiger partial charge in [0.05, 0.1) is 5.69 Å². The molecule has 0 heterocycles. The fourth-order valence-corrected chi connectivity index (χ4v) is 4.96. The van der Waals surface area contributed by atoms with Crippen LogP contribution in [-0.4, -0.2) is 35.2 Å². The molecule has 8 heteroatoms. The molecule has 34 heavy (non-hydrogen) atoms. The molecule has 2 amide bonds. The SMILES string of the molecule is O=C(Nc1ccc(C(=O)NC2(C(=O)O)CC2)cc1I)OCC1c2ccccc2-c2ccccc21. The van der Waals surface area contributed by atoms with Gasteiger partial charge in [0.1, 0.15) is 12.1 Å². The van der Waals surface area contributed by atoms with Crippen LogP contribution >= 0.6 is 22.6 Å². The second-order valence-corrected chi connectivity index (χ2v) is 9.65. The molecular formula is C26H21IN2O5. The second-order valence-electron chi connectivity index (χ2n) is 8.49. The number of rotatable bonds is 6. The van der Waals surface area contributed by atoms with Gasteiger partial charge in [-0.1, -0.05) is 48.5 Å². The summed E-state index contributed by atoms with van der Waals surface area (Å²) in [5, 5.41) is 14.6. The first kappa shape index (κ1) is 22.4. The molecule has 172 valence electrons. The number of hydrogen-bond donors (Lipinski definition) is 3. The number of benzene rings is 3. The Labute approximate surface area is 209 Å². The normalized spacial score (nSPS) is 15.1. The molecule has 0 atom stereocenters. The molecular weight excluding hydrogens is 547 g/mol. The van der Waals surface area contributed by atoms with Gasteiger partial charge in [-0.2, -0.15) is 0 Å². The highest BCUT2D eigenvalue weighted by atomic mass is 127. The summed E-state index contributed by atoms with van der Waals surface area (Å²) in [5.41, 5.74) is 4.27. The molecule has 0 saturated heterocycles. The summed E-state index contributed by atoms with van der Waals surface area (Å²) < 4.78 is 6.22. The van der Waals surface area contributed by atoms with Crippen LogP contribution in [0.2, 0.25) is 0 Å². The van der Waals surface area contributed by atoms with Gasteiger partial charge >= 0.3 is 12.1 Å². The molecule has 0 aromatic heterocycles. The summed E-state index contributed by atoms with van der Waals surface area (Å²) in [6.45, 7) is 0.203. The highest BCUT2D eigenvalue weighted by molar-refractivity contribution is 14.1. The van der Waals surface area contributed by atoms with Crippen LogP contribution in [0.15, 0.2) is 66.7 Å². The van der Waals surface area contributed by atoms with Crippen molar-refractivity contribution >= 4 is 46.2 Å². The van der Waals surface area contributed by atoms with E-state index in [0.29, 0.717) is 27.7 Å². The number of amides is 2. The Hall–Kier alpha value is -3.40. The molecule has 3 N–H and O–H groups in total. The number of hydrogen-bond acceptors (Lipinski definition) is 4. The van der Waals surface area contributed by atoms with Crippen molar-refractivity contribution in [3.63, 3.8) is 0 Å². The first-order valence-corrected chi connectivity index (χ1v) is 11.9. The lowest BCUT2D eigenvalue weighted by molar-refractivity contribution is -0.140. The zero-order valence-corrected chi connectivity index (χ0v) is 20.2. The fourth-order valence-electron chi connectivity index (χ4n) is 4.31. The first-order valence-electron chi connectivity index (χ1n) is 10.9. The van der Waals surface area contributed by atoms with E-state index in [2.05, 4.69) is 34.9 Å². The molecule has 1 saturated carbocycles. The molecule has 5 rings (SSSR count). The van der Waals surface area contributed by atoms with Crippen LogP contribution in [-0.2, 0) is 9.53 Å². The van der Waals surface area contributed by atoms with E-state index in [9.17, 15) is 19.5 Å². The number of carboxylic acid groups (broad SMARTS) is 1. The minimum Gasteiger partial charge on any atom is -0.480 e. The van der Waals surface area contributed by atoms with Crippen LogP contribution in [0.3, 0.4) is 0 Å². The van der Waals surface area contributed by atoms with Crippen LogP contribution in [0.25, 0.3) is 11.1 Å². The molecule has 0 unspecified atom stereocenters. The minimum atomic E-state index is -1.15. The van der Waals surface area contributed by atoms with Gasteiger partial charge in [-0.15, -0.1) is 0 Å². The van der Waals surface area contributed by atoms with Crippen molar-refractivity contribution < 1.29 is 24.2 Å². The maximum absolute atomic E-state index is 12.6. The van der Waals surface area contributed by atoms with Gasteiger partial charge in [0.25, 0.3) is 5.91 Å². The van der Waals surface area contributed by atoms with Crippen LogP contribution < -0.4 is 10.6 Å². The van der Waals surface area contributed by atoms with Crippen molar-refractivity contribution in [1.82, 2.24) is 5.32 Å². The third-order valence-corrected chi connectivity index (χ3v) is 7.22. The number of halogens is 1. The average Bonchev–Trinajstić information content (AvgIpc) is 3.55. The van der Waals surface area contributed by atoms with Gasteiger partial charge < -0.3 is 15.2 Å². The second kappa shape index (κ2) is 8.75. The molecule has 1 fully saturated rings. The summed E-state index contributed by atoms with van der Waals surface area (Å²) in [4.78, 5) is 36.3. The fraction of sp³-hybridized carbons (Fsp3) is 0.192. The Kier molecular flexibility index (Phi) is 5.76. The largest absolute Gasteiger partial charge is 0.480 e. The molecule has 0 bridgehead atoms. The first-order chi connectivity index (χ1) is 16.4. The van der Waals surface area contributed by atoms with Crippen LogP contribution in [0.1, 0.15) is 40.2 Å². The zero-order chi connectivity index (χ0) is 23.9. The van der Waals surface area contributed by atoms with E-state index < -0.39 is 23.5 Å². The maximum atomic E-state index is 12.6. The van der Waals surface area contributed by atoms with E-state index in [1.165, 1.54) is 0 Å². The Bertz CT molecular complexity index is 1270. The van der Waals surface area contributed by atoms with Gasteiger partial charge in [-0.3, -0.25) is 10.1 Å². The van der Waals surface area contributed by atoms with Crippen molar-refractivity contribution in [2.45, 2.75) is 24.3 Å². The average molecular weight is 568 g/mol. The van der Waals surface area contributed by atoms with Crippen molar-refractivity contribution in [2.24, 2.45) is 0 Å². The molecule has 0 aliphatic heterocycles. The highest BCUT2D eigenvalue weighted by Crippen LogP contribution is 2.44. The molecule has 2 aliphatic carbocycles. The number of carboxylic acids is 1. The van der Waals surface area contributed by atoms with E-state index in [4.69, 9.17) is 4.74 Å². The van der Waals surface area contributed by atoms with Gasteiger partial charge in [-0.25, -0.2) is 9.59 Å². The monoisotopic (exact) mass is 568 g/mol. The predicted molar refractivity (Wildman–Crippen MR) is 135 cm³/mol. The topological polar surface area (TPSA) is 105 Å². The lowest BCUT2D eigenvalue weighted by atomic mass is 9.98. The molecule has 3 aromatic rings. The Morgan fingerprint density at radius 1 is 0.971 bits per heavy atom. The number of carbonyl (C=O) groups is 3. The molecule has 0 spiro atoms. The van der Waals surface area contributed by atoms with Crippen molar-refractivity contribution in [1.29, 1.82) is 0 Å². The van der Waals surface area contributed by atoms with Gasteiger partial charge in [-0.05, 0) is 75.9 Å². The van der Waals surface area contributed by atoms with Crippen molar-refractivity contribution in [3.8, 4) is 11.1 Å². The Balaban J connectivity index is 1.23. The third-order valence-electron chi connectivity index (χ3n) is 6.32. The lowest BCUT2D eigenvalue weighted by Gasteiger charge is -2.16. The summed E-state index contributed by atoms with van der Waals surface area (Å²) in [5.74, 6) is -1.51. The van der Waals surface area contributed by atoms with E-state index in [1.54, 1.807) is 18.2 Å². The highest BCUT2D eigenvalue weighted by Gasteiger charge is 2.51. The standard InChI is InChI=1S/C26H21IN2O5/c27-21-13-15(23(30)29-26(11-12-26)24(31)32)9-10-22(21)28-25(33)34-14-20-18-7-3-1-5-16(18)17-6-2-4-8-19(17)20/h1-10,13,20H,11-12,14H2,(H,28,33)(H,29,30)(H,31,32). The minimum absolute atomic E-state index is 0.0349. The summed E-state index contributed by atoms with van der Waals surface area (Å²) in [6, 6.07) is 21.0. The van der Waals surface area contributed by atoms with Crippen LogP contribution in [0.4, 0.5) is 10.5 Å². The molecule has 0 radical (unpaired) electrons. The summed E-state index contributed by atoms with van der Waals surface area (Å²) >= 11 is 2.02. The summed E-state index contributed by atoms with van der Waals surface area (Å²) in [7, 11) is 0. The van der Waals surface area contributed by atoms with Crippen LogP contribution in [0, 0.1) is 3.57 Å². The number of carbonyl (C=O) groups excluding carboxylic acids is 2. The zero-order valence-electron chi connectivity index (χ0n) is 18.0.